The summed E-state index contributed by atoms with van der Waals surface area (Å²) in [7, 11) is 1.51. The normalized spacial score (nSPS) is 16.2. The molecule has 1 amide bonds. The number of nitrogens with zero attached hydrogens (tertiary/aromatic N) is 2. The zero-order chi connectivity index (χ0) is 13.8. The van der Waals surface area contributed by atoms with Crippen LogP contribution < -0.4 is 15.4 Å². The van der Waals surface area contributed by atoms with E-state index in [9.17, 15) is 9.70 Å². The van der Waals surface area contributed by atoms with Crippen LogP contribution in [0.2, 0.25) is 0 Å². The van der Waals surface area contributed by atoms with Gasteiger partial charge in [0.1, 0.15) is 11.4 Å². The van der Waals surface area contributed by atoms with Crippen LogP contribution >= 0.6 is 0 Å². The molecule has 0 spiro atoms. The molecule has 6 heteroatoms. The Morgan fingerprint density at radius 3 is 2.63 bits per heavy atom. The molecule has 0 unspecified atom stereocenters. The van der Waals surface area contributed by atoms with Gasteiger partial charge in [-0.1, -0.05) is 0 Å². The number of methoxy groups -OCH3 is 1. The van der Waals surface area contributed by atoms with Gasteiger partial charge in [0, 0.05) is 30.8 Å². The summed E-state index contributed by atoms with van der Waals surface area (Å²) >= 11 is 0. The summed E-state index contributed by atoms with van der Waals surface area (Å²) in [5.41, 5.74) is 6.57. The number of benzene rings is 1. The highest BCUT2D eigenvalue weighted by Gasteiger charge is 2.23. The van der Waals surface area contributed by atoms with E-state index in [0.717, 1.165) is 31.6 Å². The van der Waals surface area contributed by atoms with Crippen molar-refractivity contribution in [3.63, 3.8) is 0 Å². The molecule has 0 aromatic heterocycles. The van der Waals surface area contributed by atoms with Gasteiger partial charge in [0.25, 0.3) is 0 Å². The van der Waals surface area contributed by atoms with E-state index in [1.807, 2.05) is 6.07 Å². The van der Waals surface area contributed by atoms with Crippen LogP contribution in [0.4, 0.5) is 11.4 Å². The van der Waals surface area contributed by atoms with E-state index >= 15 is 0 Å². The molecule has 19 heavy (non-hydrogen) atoms. The number of carbonyl (C=O) groups excluding carboxylic acids is 1. The molecular formula is C13H17N3O3. The molecule has 0 atom stereocenters. The van der Waals surface area contributed by atoms with Gasteiger partial charge < -0.3 is 15.4 Å². The Hall–Kier alpha value is -2.11. The molecule has 1 aromatic carbocycles. The highest BCUT2D eigenvalue weighted by Crippen LogP contribution is 2.33. The molecule has 2 N–H and O–H groups in total. The van der Waals surface area contributed by atoms with Gasteiger partial charge in [-0.05, 0) is 30.2 Å². The number of hydrogen-bond donors (Lipinski definition) is 1. The van der Waals surface area contributed by atoms with Gasteiger partial charge in [0.05, 0.1) is 7.11 Å². The lowest BCUT2D eigenvalue weighted by Gasteiger charge is -2.32. The van der Waals surface area contributed by atoms with Crippen LogP contribution in [0, 0.1) is 10.8 Å². The van der Waals surface area contributed by atoms with E-state index in [4.69, 9.17) is 10.5 Å². The Morgan fingerprint density at radius 1 is 1.42 bits per heavy atom. The molecule has 1 fully saturated rings. The van der Waals surface area contributed by atoms with Crippen LogP contribution in [0.5, 0.6) is 5.75 Å². The van der Waals surface area contributed by atoms with Crippen LogP contribution in [0.25, 0.3) is 0 Å². The fourth-order valence-electron chi connectivity index (χ4n) is 2.36. The van der Waals surface area contributed by atoms with Crippen molar-refractivity contribution in [3.8, 4) is 5.75 Å². The molecule has 1 aliphatic rings. The van der Waals surface area contributed by atoms with Crippen molar-refractivity contribution in [2.75, 3.05) is 25.1 Å². The molecule has 1 heterocycles. The minimum atomic E-state index is -0.224. The van der Waals surface area contributed by atoms with Crippen LogP contribution in [-0.4, -0.2) is 26.1 Å². The fourth-order valence-corrected chi connectivity index (χ4v) is 2.36. The first-order valence-corrected chi connectivity index (χ1v) is 6.21. The van der Waals surface area contributed by atoms with Gasteiger partial charge in [-0.2, -0.15) is 0 Å². The molecule has 0 bridgehead atoms. The SMILES string of the molecule is COc1cc(N2CCC(C(N)=O)CC2)ccc1N=O. The number of carbonyl (C=O) groups is 1. The highest BCUT2D eigenvalue weighted by atomic mass is 16.5. The number of nitroso groups, excluding NO2 is 1. The molecular weight excluding hydrogens is 246 g/mol. The monoisotopic (exact) mass is 263 g/mol. The number of hydrogen-bond acceptors (Lipinski definition) is 5. The first-order valence-electron chi connectivity index (χ1n) is 6.21. The average Bonchev–Trinajstić information content (AvgIpc) is 2.46. The number of primary amides is 1. The largest absolute Gasteiger partial charge is 0.494 e. The van der Waals surface area contributed by atoms with Crippen LogP contribution in [0.3, 0.4) is 0 Å². The molecule has 0 aliphatic carbocycles. The van der Waals surface area contributed by atoms with Gasteiger partial charge in [-0.3, -0.25) is 4.79 Å². The molecule has 0 radical (unpaired) electrons. The topological polar surface area (TPSA) is 85.0 Å². The lowest BCUT2D eigenvalue weighted by atomic mass is 9.96. The van der Waals surface area contributed by atoms with Crippen LogP contribution in [-0.2, 0) is 4.79 Å². The summed E-state index contributed by atoms with van der Waals surface area (Å²) in [5.74, 6) is 0.205. The van der Waals surface area contributed by atoms with Gasteiger partial charge >= 0.3 is 0 Å². The Balaban J connectivity index is 2.11. The quantitative estimate of drug-likeness (QED) is 0.839. The van der Waals surface area contributed by atoms with E-state index in [1.165, 1.54) is 7.11 Å². The minimum absolute atomic E-state index is 0.0333. The predicted octanol–water partition coefficient (Wildman–Crippen LogP) is 1.79. The van der Waals surface area contributed by atoms with Gasteiger partial charge in [-0.15, -0.1) is 4.91 Å². The highest BCUT2D eigenvalue weighted by molar-refractivity contribution is 5.77. The smallest absolute Gasteiger partial charge is 0.220 e. The summed E-state index contributed by atoms with van der Waals surface area (Å²) in [4.78, 5) is 23.9. The third-order valence-electron chi connectivity index (χ3n) is 3.52. The van der Waals surface area contributed by atoms with Crippen molar-refractivity contribution in [2.24, 2.45) is 16.8 Å². The van der Waals surface area contributed by atoms with Gasteiger partial charge in [-0.25, -0.2) is 0 Å². The van der Waals surface area contributed by atoms with Crippen molar-refractivity contribution in [1.29, 1.82) is 0 Å². The Labute approximate surface area is 111 Å². The molecule has 1 saturated heterocycles. The van der Waals surface area contributed by atoms with Crippen molar-refractivity contribution >= 4 is 17.3 Å². The van der Waals surface area contributed by atoms with E-state index in [2.05, 4.69) is 10.1 Å². The van der Waals surface area contributed by atoms with Crippen LogP contribution in [0.1, 0.15) is 12.8 Å². The number of piperidine rings is 1. The summed E-state index contributed by atoms with van der Waals surface area (Å²) < 4.78 is 5.13. The Kier molecular flexibility index (Phi) is 3.99. The predicted molar refractivity (Wildman–Crippen MR) is 72.6 cm³/mol. The maximum Gasteiger partial charge on any atom is 0.220 e. The standard InChI is InChI=1S/C13H17N3O3/c1-19-12-8-10(2-3-11(12)15-18)16-6-4-9(5-7-16)13(14)17/h2-3,8-9H,4-7H2,1H3,(H2,14,17). The van der Waals surface area contributed by atoms with E-state index in [0.29, 0.717) is 11.4 Å². The van der Waals surface area contributed by atoms with Gasteiger partial charge in [0.15, 0.2) is 0 Å². The number of anilines is 1. The minimum Gasteiger partial charge on any atom is -0.494 e. The number of rotatable bonds is 4. The molecule has 2 rings (SSSR count). The third-order valence-corrected chi connectivity index (χ3v) is 3.52. The van der Waals surface area contributed by atoms with Crippen molar-refractivity contribution in [3.05, 3.63) is 23.1 Å². The number of amides is 1. The average molecular weight is 263 g/mol. The molecule has 102 valence electrons. The molecule has 0 saturated carbocycles. The van der Waals surface area contributed by atoms with Crippen molar-refractivity contribution in [1.82, 2.24) is 0 Å². The summed E-state index contributed by atoms with van der Waals surface area (Å²) in [6, 6.07) is 5.27. The molecule has 6 nitrogen and oxygen atoms in total. The van der Waals surface area contributed by atoms with E-state index in [1.54, 1.807) is 12.1 Å². The lowest BCUT2D eigenvalue weighted by Crippen LogP contribution is -2.38. The summed E-state index contributed by atoms with van der Waals surface area (Å²) in [6.07, 6.45) is 1.51. The maximum absolute atomic E-state index is 11.1. The summed E-state index contributed by atoms with van der Waals surface area (Å²) in [6.45, 7) is 1.54. The van der Waals surface area contributed by atoms with E-state index in [-0.39, 0.29) is 11.8 Å². The first-order chi connectivity index (χ1) is 9.15. The third kappa shape index (κ3) is 2.83. The Bertz CT molecular complexity index is 482. The second kappa shape index (κ2) is 5.69. The van der Waals surface area contributed by atoms with Crippen molar-refractivity contribution < 1.29 is 9.53 Å². The molecule has 1 aromatic rings. The molecule has 1 aliphatic heterocycles. The summed E-state index contributed by atoms with van der Waals surface area (Å²) in [5, 5.41) is 2.91. The lowest BCUT2D eigenvalue weighted by molar-refractivity contribution is -0.122. The van der Waals surface area contributed by atoms with Crippen molar-refractivity contribution in [2.45, 2.75) is 12.8 Å². The number of ether oxygens (including phenoxy) is 1. The zero-order valence-electron chi connectivity index (χ0n) is 10.8. The van der Waals surface area contributed by atoms with Crippen LogP contribution in [0.15, 0.2) is 23.4 Å². The van der Waals surface area contributed by atoms with Gasteiger partial charge in [0.2, 0.25) is 5.91 Å². The van der Waals surface area contributed by atoms with E-state index < -0.39 is 0 Å². The Morgan fingerprint density at radius 2 is 2.11 bits per heavy atom. The first kappa shape index (κ1) is 13.3. The second-order valence-corrected chi connectivity index (χ2v) is 4.61. The fraction of sp³-hybridized carbons (Fsp3) is 0.462. The maximum atomic E-state index is 11.1. The zero-order valence-corrected chi connectivity index (χ0v) is 10.8. The second-order valence-electron chi connectivity index (χ2n) is 4.61. The number of nitrogens with two attached hydrogens (primary N) is 1.